The number of carboxylic acids is 1. The standard InChI is InChI=1S/C10H12N2O5/c1-2-3-8(10(14)15)11-6-7(12(16)17)4-5-9(11)13/h4-6,8H,2-3H2,1H3,(H,14,15). The molecule has 1 heterocycles. The van der Waals surface area contributed by atoms with Gasteiger partial charge in [0.2, 0.25) is 0 Å². The van der Waals surface area contributed by atoms with Crippen LogP contribution in [-0.4, -0.2) is 20.6 Å². The van der Waals surface area contributed by atoms with E-state index in [0.29, 0.717) is 6.42 Å². The van der Waals surface area contributed by atoms with Crippen molar-refractivity contribution in [1.82, 2.24) is 4.57 Å². The minimum Gasteiger partial charge on any atom is -0.480 e. The number of nitro groups is 1. The van der Waals surface area contributed by atoms with Crippen molar-refractivity contribution in [2.75, 3.05) is 0 Å². The lowest BCUT2D eigenvalue weighted by Gasteiger charge is -2.13. The second kappa shape index (κ2) is 5.24. The van der Waals surface area contributed by atoms with Crippen molar-refractivity contribution in [1.29, 1.82) is 0 Å². The van der Waals surface area contributed by atoms with Gasteiger partial charge in [-0.1, -0.05) is 13.3 Å². The van der Waals surface area contributed by atoms with E-state index in [9.17, 15) is 19.7 Å². The van der Waals surface area contributed by atoms with Gasteiger partial charge in [0.05, 0.1) is 11.1 Å². The van der Waals surface area contributed by atoms with E-state index >= 15 is 0 Å². The third-order valence-corrected chi connectivity index (χ3v) is 2.32. The summed E-state index contributed by atoms with van der Waals surface area (Å²) in [6.45, 7) is 1.78. The molecule has 0 radical (unpaired) electrons. The van der Waals surface area contributed by atoms with Crippen LogP contribution >= 0.6 is 0 Å². The molecule has 7 nitrogen and oxygen atoms in total. The van der Waals surface area contributed by atoms with Gasteiger partial charge in [0.25, 0.3) is 11.2 Å². The molecule has 0 saturated carbocycles. The van der Waals surface area contributed by atoms with Crippen LogP contribution in [0.3, 0.4) is 0 Å². The third-order valence-electron chi connectivity index (χ3n) is 2.32. The number of pyridine rings is 1. The number of hydrogen-bond acceptors (Lipinski definition) is 4. The summed E-state index contributed by atoms with van der Waals surface area (Å²) in [5.41, 5.74) is -0.858. The quantitative estimate of drug-likeness (QED) is 0.615. The lowest BCUT2D eigenvalue weighted by molar-refractivity contribution is -0.385. The number of carboxylic acid groups (broad SMARTS) is 1. The molecule has 1 atom stereocenters. The molecule has 1 unspecified atom stereocenters. The molecule has 0 aliphatic heterocycles. The first-order chi connectivity index (χ1) is 7.97. The van der Waals surface area contributed by atoms with Crippen LogP contribution in [0.15, 0.2) is 23.1 Å². The van der Waals surface area contributed by atoms with Crippen molar-refractivity contribution >= 4 is 11.7 Å². The second-order valence-electron chi connectivity index (χ2n) is 3.53. The van der Waals surface area contributed by atoms with Crippen LogP contribution < -0.4 is 5.56 Å². The van der Waals surface area contributed by atoms with Crippen LogP contribution in [0.4, 0.5) is 5.69 Å². The monoisotopic (exact) mass is 240 g/mol. The fourth-order valence-corrected chi connectivity index (χ4v) is 1.50. The van der Waals surface area contributed by atoms with E-state index in [4.69, 9.17) is 5.11 Å². The van der Waals surface area contributed by atoms with Crippen LogP contribution in [0.2, 0.25) is 0 Å². The van der Waals surface area contributed by atoms with E-state index in [1.165, 1.54) is 0 Å². The molecule has 0 aliphatic rings. The summed E-state index contributed by atoms with van der Waals surface area (Å²) in [5.74, 6) is -1.17. The Balaban J connectivity index is 3.26. The van der Waals surface area contributed by atoms with Crippen LogP contribution in [0, 0.1) is 10.1 Å². The zero-order valence-electron chi connectivity index (χ0n) is 9.20. The molecule has 1 aromatic rings. The van der Waals surface area contributed by atoms with E-state index in [1.54, 1.807) is 6.92 Å². The Morgan fingerprint density at radius 2 is 2.24 bits per heavy atom. The van der Waals surface area contributed by atoms with Crippen molar-refractivity contribution in [3.8, 4) is 0 Å². The molecule has 0 aromatic carbocycles. The molecule has 0 spiro atoms. The van der Waals surface area contributed by atoms with E-state index in [1.807, 2.05) is 0 Å². The number of hydrogen-bond donors (Lipinski definition) is 1. The van der Waals surface area contributed by atoms with E-state index in [0.717, 1.165) is 22.9 Å². The Morgan fingerprint density at radius 3 is 2.71 bits per heavy atom. The minimum atomic E-state index is -1.17. The van der Waals surface area contributed by atoms with Gasteiger partial charge in [-0.2, -0.15) is 0 Å². The highest BCUT2D eigenvalue weighted by atomic mass is 16.6. The Labute approximate surface area is 96.5 Å². The first kappa shape index (κ1) is 12.9. The molecule has 1 rings (SSSR count). The molecule has 0 fully saturated rings. The summed E-state index contributed by atoms with van der Waals surface area (Å²) in [4.78, 5) is 32.4. The number of nitrogens with zero attached hydrogens (tertiary/aromatic N) is 2. The Kier molecular flexibility index (Phi) is 3.97. The maximum Gasteiger partial charge on any atom is 0.326 e. The van der Waals surface area contributed by atoms with Gasteiger partial charge in [0.1, 0.15) is 6.04 Å². The van der Waals surface area contributed by atoms with Gasteiger partial charge in [0.15, 0.2) is 0 Å². The van der Waals surface area contributed by atoms with Crippen molar-refractivity contribution < 1.29 is 14.8 Å². The molecule has 0 aliphatic carbocycles. The van der Waals surface area contributed by atoms with Crippen LogP contribution in [0.5, 0.6) is 0 Å². The van der Waals surface area contributed by atoms with Crippen LogP contribution in [0.1, 0.15) is 25.8 Å². The summed E-state index contributed by atoms with van der Waals surface area (Å²) in [7, 11) is 0. The smallest absolute Gasteiger partial charge is 0.326 e. The average molecular weight is 240 g/mol. The summed E-state index contributed by atoms with van der Waals surface area (Å²) in [6.07, 6.45) is 1.78. The largest absolute Gasteiger partial charge is 0.480 e. The average Bonchev–Trinajstić information content (AvgIpc) is 2.26. The van der Waals surface area contributed by atoms with Gasteiger partial charge in [-0.3, -0.25) is 19.5 Å². The van der Waals surface area contributed by atoms with Crippen molar-refractivity contribution in [2.24, 2.45) is 0 Å². The molecule has 0 amide bonds. The van der Waals surface area contributed by atoms with Gasteiger partial charge >= 0.3 is 5.97 Å². The SMILES string of the molecule is CCCC(C(=O)O)n1cc([N+](=O)[O-])ccc1=O. The molecule has 0 saturated heterocycles. The Bertz CT molecular complexity index is 494. The van der Waals surface area contributed by atoms with Crippen molar-refractivity contribution in [3.63, 3.8) is 0 Å². The molecule has 0 bridgehead atoms. The number of carbonyl (C=O) groups is 1. The predicted octanol–water partition coefficient (Wildman–Crippen LogP) is 1.18. The van der Waals surface area contributed by atoms with E-state index in [-0.39, 0.29) is 12.1 Å². The highest BCUT2D eigenvalue weighted by Crippen LogP contribution is 2.15. The van der Waals surface area contributed by atoms with E-state index in [2.05, 4.69) is 0 Å². The summed E-state index contributed by atoms with van der Waals surface area (Å²) in [6, 6.07) is 1.00. The zero-order chi connectivity index (χ0) is 13.0. The van der Waals surface area contributed by atoms with Gasteiger partial charge in [-0.15, -0.1) is 0 Å². The predicted molar refractivity (Wildman–Crippen MR) is 58.9 cm³/mol. The minimum absolute atomic E-state index is 0.246. The highest BCUT2D eigenvalue weighted by molar-refractivity contribution is 5.71. The Morgan fingerprint density at radius 1 is 1.59 bits per heavy atom. The lowest BCUT2D eigenvalue weighted by atomic mass is 10.1. The highest BCUT2D eigenvalue weighted by Gasteiger charge is 2.21. The molecule has 17 heavy (non-hydrogen) atoms. The fourth-order valence-electron chi connectivity index (χ4n) is 1.50. The van der Waals surface area contributed by atoms with Crippen LogP contribution in [0.25, 0.3) is 0 Å². The third kappa shape index (κ3) is 2.90. The van der Waals surface area contributed by atoms with Crippen molar-refractivity contribution in [2.45, 2.75) is 25.8 Å². The fraction of sp³-hybridized carbons (Fsp3) is 0.400. The van der Waals surface area contributed by atoms with Crippen LogP contribution in [-0.2, 0) is 4.79 Å². The van der Waals surface area contributed by atoms with Gasteiger partial charge in [0, 0.05) is 12.1 Å². The first-order valence-corrected chi connectivity index (χ1v) is 5.06. The summed E-state index contributed by atoms with van der Waals surface area (Å²) in [5, 5.41) is 19.5. The molecule has 1 N–H and O–H groups in total. The normalized spacial score (nSPS) is 12.1. The molecule has 7 heteroatoms. The topological polar surface area (TPSA) is 102 Å². The molecular weight excluding hydrogens is 228 g/mol. The summed E-state index contributed by atoms with van der Waals surface area (Å²) < 4.78 is 0.893. The maximum absolute atomic E-state index is 11.5. The Hall–Kier alpha value is -2.18. The first-order valence-electron chi connectivity index (χ1n) is 5.06. The summed E-state index contributed by atoms with van der Waals surface area (Å²) >= 11 is 0. The van der Waals surface area contributed by atoms with Gasteiger partial charge in [-0.25, -0.2) is 4.79 Å². The second-order valence-corrected chi connectivity index (χ2v) is 3.53. The number of aromatic nitrogens is 1. The van der Waals surface area contributed by atoms with Crippen molar-refractivity contribution in [3.05, 3.63) is 38.8 Å². The maximum atomic E-state index is 11.5. The van der Waals surface area contributed by atoms with E-state index < -0.39 is 22.5 Å². The number of rotatable bonds is 5. The zero-order valence-corrected chi connectivity index (χ0v) is 9.20. The van der Waals surface area contributed by atoms with Gasteiger partial charge < -0.3 is 5.11 Å². The lowest BCUT2D eigenvalue weighted by Crippen LogP contribution is -2.29. The number of aliphatic carboxylic acids is 1. The van der Waals surface area contributed by atoms with Gasteiger partial charge in [-0.05, 0) is 6.42 Å². The molecule has 92 valence electrons. The molecular formula is C10H12N2O5. The molecule has 1 aromatic heterocycles.